The quantitative estimate of drug-likeness (QED) is 0.362. The molecule has 0 aliphatic carbocycles. The Bertz CT molecular complexity index is 1270. The number of aromatic nitrogens is 4. The fourth-order valence-corrected chi connectivity index (χ4v) is 2.63. The Balaban J connectivity index is 1.63. The lowest BCUT2D eigenvalue weighted by molar-refractivity contribution is 0.0951. The molecular formula is C20H14N6O3. The number of phenolic OH excluding ortho intramolecular Hbond substituents is 1. The molecule has 0 spiro atoms. The van der Waals surface area contributed by atoms with Crippen molar-refractivity contribution >= 4 is 23.0 Å². The van der Waals surface area contributed by atoms with Gasteiger partial charge < -0.3 is 5.11 Å². The number of carbonyl (C=O) groups is 1. The third kappa shape index (κ3) is 3.83. The second-order valence-corrected chi connectivity index (χ2v) is 6.01. The number of H-pyrrole nitrogens is 1. The normalized spacial score (nSPS) is 11.0. The lowest BCUT2D eigenvalue weighted by Gasteiger charge is -2.05. The van der Waals surface area contributed by atoms with Crippen LogP contribution in [0.25, 0.3) is 22.3 Å². The number of fused-ring (bicyclic) bond motifs is 1. The molecule has 0 aliphatic heterocycles. The van der Waals surface area contributed by atoms with Gasteiger partial charge in [0.25, 0.3) is 11.5 Å². The number of nitrogens with one attached hydrogen (secondary N) is 2. The topological polar surface area (TPSA) is 133 Å². The molecule has 142 valence electrons. The van der Waals surface area contributed by atoms with E-state index in [0.29, 0.717) is 11.4 Å². The van der Waals surface area contributed by atoms with Gasteiger partial charge in [0.15, 0.2) is 11.5 Å². The van der Waals surface area contributed by atoms with Crippen molar-refractivity contribution in [3.05, 3.63) is 82.4 Å². The minimum absolute atomic E-state index is 0.0536. The number of carbonyl (C=O) groups excluding carboxylic acids is 1. The van der Waals surface area contributed by atoms with Gasteiger partial charge in [-0.25, -0.2) is 20.5 Å². The molecule has 0 radical (unpaired) electrons. The summed E-state index contributed by atoms with van der Waals surface area (Å²) >= 11 is 0. The Morgan fingerprint density at radius 2 is 1.86 bits per heavy atom. The van der Waals surface area contributed by atoms with Crippen LogP contribution in [0.15, 0.2) is 70.7 Å². The monoisotopic (exact) mass is 386 g/mol. The molecule has 3 N–H and O–H groups in total. The average molecular weight is 386 g/mol. The fourth-order valence-electron chi connectivity index (χ4n) is 2.63. The Hall–Kier alpha value is -4.40. The highest BCUT2D eigenvalue weighted by Crippen LogP contribution is 2.17. The van der Waals surface area contributed by atoms with Crippen LogP contribution in [0.1, 0.15) is 16.1 Å². The van der Waals surface area contributed by atoms with E-state index in [2.05, 4.69) is 30.7 Å². The van der Waals surface area contributed by atoms with Crippen LogP contribution < -0.4 is 11.0 Å². The number of aromatic amines is 1. The number of hydrogen-bond donors (Lipinski definition) is 3. The van der Waals surface area contributed by atoms with Gasteiger partial charge in [0.2, 0.25) is 0 Å². The first-order valence-electron chi connectivity index (χ1n) is 8.55. The van der Waals surface area contributed by atoms with Crippen molar-refractivity contribution in [1.82, 2.24) is 25.6 Å². The average Bonchev–Trinajstić information content (AvgIpc) is 2.76. The van der Waals surface area contributed by atoms with E-state index in [4.69, 9.17) is 0 Å². The number of hydrogen-bond acceptors (Lipinski definition) is 7. The van der Waals surface area contributed by atoms with Crippen LogP contribution in [-0.4, -0.2) is 37.4 Å². The van der Waals surface area contributed by atoms with Gasteiger partial charge >= 0.3 is 0 Å². The highest BCUT2D eigenvalue weighted by Gasteiger charge is 2.16. The Morgan fingerprint density at radius 1 is 1.10 bits per heavy atom. The van der Waals surface area contributed by atoms with E-state index in [1.165, 1.54) is 24.5 Å². The molecule has 2 heterocycles. The maximum Gasteiger partial charge on any atom is 0.292 e. The maximum absolute atomic E-state index is 12.5. The minimum Gasteiger partial charge on any atom is -0.508 e. The number of rotatable bonds is 4. The highest BCUT2D eigenvalue weighted by atomic mass is 16.3. The van der Waals surface area contributed by atoms with Crippen molar-refractivity contribution in [2.45, 2.75) is 0 Å². The third-order valence-electron chi connectivity index (χ3n) is 4.05. The summed E-state index contributed by atoms with van der Waals surface area (Å²) in [4.78, 5) is 33.2. The predicted molar refractivity (Wildman–Crippen MR) is 107 cm³/mol. The third-order valence-corrected chi connectivity index (χ3v) is 4.05. The minimum atomic E-state index is -0.627. The number of hydrazone groups is 1. The number of amides is 1. The van der Waals surface area contributed by atoms with Crippen LogP contribution in [0, 0.1) is 0 Å². The Morgan fingerprint density at radius 3 is 2.62 bits per heavy atom. The van der Waals surface area contributed by atoms with E-state index < -0.39 is 11.5 Å². The van der Waals surface area contributed by atoms with Gasteiger partial charge in [0.05, 0.1) is 11.6 Å². The zero-order valence-electron chi connectivity index (χ0n) is 14.9. The molecule has 29 heavy (non-hydrogen) atoms. The first-order chi connectivity index (χ1) is 14.1. The van der Waals surface area contributed by atoms with Crippen molar-refractivity contribution in [1.29, 1.82) is 0 Å². The largest absolute Gasteiger partial charge is 0.508 e. The number of aromatic hydroxyl groups is 1. The van der Waals surface area contributed by atoms with Crippen LogP contribution in [0.5, 0.6) is 5.75 Å². The summed E-state index contributed by atoms with van der Waals surface area (Å²) in [5.41, 5.74) is 3.25. The van der Waals surface area contributed by atoms with E-state index in [-0.39, 0.29) is 22.3 Å². The van der Waals surface area contributed by atoms with Crippen LogP contribution in [0.3, 0.4) is 0 Å². The molecule has 0 saturated carbocycles. The van der Waals surface area contributed by atoms with E-state index in [0.717, 1.165) is 5.56 Å². The second kappa shape index (κ2) is 7.69. The molecule has 0 unspecified atom stereocenters. The standard InChI is InChI=1S/C20H14N6O3/c27-14-8-6-12(7-9-14)10-22-25-20(29)17-15-11-21-18(13-4-2-1-3-5-13)23-16(15)19(28)26-24-17/h1-11,27H,(H,25,29)(H,26,28)/b22-10+. The first-order valence-corrected chi connectivity index (χ1v) is 8.55. The summed E-state index contributed by atoms with van der Waals surface area (Å²) in [5, 5.41) is 19.4. The number of benzene rings is 2. The molecular weight excluding hydrogens is 372 g/mol. The van der Waals surface area contributed by atoms with Crippen molar-refractivity contribution in [2.75, 3.05) is 0 Å². The molecule has 4 aromatic rings. The van der Waals surface area contributed by atoms with Crippen molar-refractivity contribution in [3.63, 3.8) is 0 Å². The summed E-state index contributed by atoms with van der Waals surface area (Å²) < 4.78 is 0. The molecule has 0 fully saturated rings. The van der Waals surface area contributed by atoms with Crippen molar-refractivity contribution < 1.29 is 9.90 Å². The van der Waals surface area contributed by atoms with Gasteiger partial charge in [-0.15, -0.1) is 0 Å². The lowest BCUT2D eigenvalue weighted by Crippen LogP contribution is -2.23. The van der Waals surface area contributed by atoms with E-state index >= 15 is 0 Å². The summed E-state index contributed by atoms with van der Waals surface area (Å²) in [6.45, 7) is 0. The smallest absolute Gasteiger partial charge is 0.292 e. The van der Waals surface area contributed by atoms with Gasteiger partial charge in [-0.05, 0) is 29.8 Å². The molecule has 9 nitrogen and oxygen atoms in total. The van der Waals surface area contributed by atoms with Crippen LogP contribution in [0.4, 0.5) is 0 Å². The maximum atomic E-state index is 12.5. The van der Waals surface area contributed by atoms with Crippen LogP contribution in [-0.2, 0) is 0 Å². The van der Waals surface area contributed by atoms with E-state index in [1.54, 1.807) is 12.1 Å². The Labute approximate surface area is 163 Å². The van der Waals surface area contributed by atoms with Gasteiger partial charge in [0, 0.05) is 11.8 Å². The van der Waals surface area contributed by atoms with E-state index in [9.17, 15) is 14.7 Å². The zero-order chi connectivity index (χ0) is 20.2. The molecule has 4 rings (SSSR count). The summed E-state index contributed by atoms with van der Waals surface area (Å²) in [6.07, 6.45) is 2.81. The van der Waals surface area contributed by atoms with Crippen molar-refractivity contribution in [2.24, 2.45) is 5.10 Å². The Kier molecular flexibility index (Phi) is 4.77. The molecule has 0 bridgehead atoms. The van der Waals surface area contributed by atoms with Crippen molar-refractivity contribution in [3.8, 4) is 17.1 Å². The SMILES string of the molecule is O=C(N/N=C/c1ccc(O)cc1)c1n[nH]c(=O)c2nc(-c3ccccc3)ncc12. The molecule has 0 atom stereocenters. The molecule has 2 aromatic carbocycles. The first kappa shape index (κ1) is 18.0. The van der Waals surface area contributed by atoms with Crippen LogP contribution in [0.2, 0.25) is 0 Å². The predicted octanol–water partition coefficient (Wildman–Crippen LogP) is 1.85. The van der Waals surface area contributed by atoms with Gasteiger partial charge in [0.1, 0.15) is 11.3 Å². The number of nitrogens with zero attached hydrogens (tertiary/aromatic N) is 4. The highest BCUT2D eigenvalue weighted by molar-refractivity contribution is 6.04. The molecule has 9 heteroatoms. The summed E-state index contributed by atoms with van der Waals surface area (Å²) in [7, 11) is 0. The summed E-state index contributed by atoms with van der Waals surface area (Å²) in [5.74, 6) is -0.131. The molecule has 0 aliphatic rings. The van der Waals surface area contributed by atoms with E-state index in [1.807, 2.05) is 30.3 Å². The lowest BCUT2D eigenvalue weighted by atomic mass is 10.2. The van der Waals surface area contributed by atoms with Crippen LogP contribution >= 0.6 is 0 Å². The second-order valence-electron chi connectivity index (χ2n) is 6.01. The summed E-state index contributed by atoms with van der Waals surface area (Å²) in [6, 6.07) is 15.5. The fraction of sp³-hybridized carbons (Fsp3) is 0. The molecule has 0 saturated heterocycles. The van der Waals surface area contributed by atoms with Gasteiger partial charge in [-0.2, -0.15) is 10.2 Å². The molecule has 2 aromatic heterocycles. The van der Waals surface area contributed by atoms with Gasteiger partial charge in [-0.3, -0.25) is 9.59 Å². The number of phenols is 1. The molecule has 1 amide bonds. The van der Waals surface area contributed by atoms with Gasteiger partial charge in [-0.1, -0.05) is 30.3 Å². The zero-order valence-corrected chi connectivity index (χ0v) is 14.9.